The standard InChI is InChI=1S/C19H17Cl2N3O2/c1-24(12-19(25)22-14-7-8-16(20)17(21)9-14)11-15-10-18(26-23-15)13-5-3-2-4-6-13/h2-10H,11-12H2,1H3,(H,22,25)/p+1. The van der Waals surface area contributed by atoms with E-state index in [1.165, 1.54) is 0 Å². The highest BCUT2D eigenvalue weighted by Gasteiger charge is 2.14. The summed E-state index contributed by atoms with van der Waals surface area (Å²) < 4.78 is 5.39. The van der Waals surface area contributed by atoms with Gasteiger partial charge in [-0.3, -0.25) is 4.79 Å². The molecule has 26 heavy (non-hydrogen) atoms. The van der Waals surface area contributed by atoms with Gasteiger partial charge in [-0.15, -0.1) is 0 Å². The number of carbonyl (C=O) groups excluding carboxylic acids is 1. The molecule has 3 rings (SSSR count). The lowest BCUT2D eigenvalue weighted by Gasteiger charge is -2.12. The molecule has 0 fully saturated rings. The number of amides is 1. The minimum atomic E-state index is -0.118. The van der Waals surface area contributed by atoms with Crippen molar-refractivity contribution in [2.75, 3.05) is 18.9 Å². The Kier molecular flexibility index (Phi) is 5.93. The SMILES string of the molecule is C[NH+](CC(=O)Nc1ccc(Cl)c(Cl)c1)Cc1cc(-c2ccccc2)on1. The molecule has 1 atom stereocenters. The van der Waals surface area contributed by atoms with Crippen molar-refractivity contribution in [1.29, 1.82) is 0 Å². The lowest BCUT2D eigenvalue weighted by atomic mass is 10.1. The Labute approximate surface area is 161 Å². The van der Waals surface area contributed by atoms with Crippen LogP contribution in [0.5, 0.6) is 0 Å². The fourth-order valence-electron chi connectivity index (χ4n) is 2.56. The number of benzene rings is 2. The second-order valence-electron chi connectivity index (χ2n) is 6.04. The Morgan fingerprint density at radius 3 is 2.62 bits per heavy atom. The molecule has 0 aliphatic rings. The Hall–Kier alpha value is -2.34. The summed E-state index contributed by atoms with van der Waals surface area (Å²) in [6.07, 6.45) is 0. The molecular weight excluding hydrogens is 373 g/mol. The number of anilines is 1. The number of hydrogen-bond donors (Lipinski definition) is 2. The smallest absolute Gasteiger partial charge is 0.279 e. The van der Waals surface area contributed by atoms with Crippen LogP contribution in [-0.2, 0) is 11.3 Å². The molecule has 134 valence electrons. The van der Waals surface area contributed by atoms with Crippen molar-refractivity contribution in [2.45, 2.75) is 6.54 Å². The highest BCUT2D eigenvalue weighted by Crippen LogP contribution is 2.24. The first-order valence-corrected chi connectivity index (χ1v) is 8.84. The highest BCUT2D eigenvalue weighted by atomic mass is 35.5. The fraction of sp³-hybridized carbons (Fsp3) is 0.158. The normalized spacial score (nSPS) is 12.0. The molecule has 0 saturated carbocycles. The van der Waals surface area contributed by atoms with Gasteiger partial charge in [-0.05, 0) is 18.2 Å². The Balaban J connectivity index is 1.55. The summed E-state index contributed by atoms with van der Waals surface area (Å²) in [5.41, 5.74) is 2.38. The molecule has 0 radical (unpaired) electrons. The molecule has 7 heteroatoms. The predicted octanol–water partition coefficient (Wildman–Crippen LogP) is 3.30. The number of hydrogen-bond acceptors (Lipinski definition) is 3. The van der Waals surface area contributed by atoms with Crippen LogP contribution in [0.25, 0.3) is 11.3 Å². The van der Waals surface area contributed by atoms with Crippen molar-refractivity contribution in [3.05, 3.63) is 70.3 Å². The van der Waals surface area contributed by atoms with Gasteiger partial charge in [0, 0.05) is 17.3 Å². The van der Waals surface area contributed by atoms with Gasteiger partial charge in [0.1, 0.15) is 12.2 Å². The van der Waals surface area contributed by atoms with Crippen molar-refractivity contribution in [3.63, 3.8) is 0 Å². The van der Waals surface area contributed by atoms with Crippen molar-refractivity contribution < 1.29 is 14.2 Å². The third kappa shape index (κ3) is 4.85. The molecule has 0 spiro atoms. The molecule has 5 nitrogen and oxygen atoms in total. The van der Waals surface area contributed by atoms with Crippen molar-refractivity contribution in [3.8, 4) is 11.3 Å². The van der Waals surface area contributed by atoms with E-state index < -0.39 is 0 Å². The van der Waals surface area contributed by atoms with Crippen LogP contribution in [0.1, 0.15) is 5.69 Å². The van der Waals surface area contributed by atoms with E-state index in [1.807, 2.05) is 43.4 Å². The minimum Gasteiger partial charge on any atom is -0.356 e. The van der Waals surface area contributed by atoms with Gasteiger partial charge in [0.2, 0.25) is 0 Å². The molecule has 1 unspecified atom stereocenters. The number of quaternary nitrogens is 1. The molecule has 0 saturated heterocycles. The minimum absolute atomic E-state index is 0.118. The average Bonchev–Trinajstić information content (AvgIpc) is 3.07. The van der Waals surface area contributed by atoms with Crippen LogP contribution in [0.2, 0.25) is 10.0 Å². The summed E-state index contributed by atoms with van der Waals surface area (Å²) in [5.74, 6) is 0.598. The first-order chi connectivity index (χ1) is 12.5. The summed E-state index contributed by atoms with van der Waals surface area (Å²) >= 11 is 11.8. The van der Waals surface area contributed by atoms with E-state index in [-0.39, 0.29) is 12.5 Å². The quantitative estimate of drug-likeness (QED) is 0.678. The van der Waals surface area contributed by atoms with E-state index in [2.05, 4.69) is 10.5 Å². The molecule has 3 aromatic rings. The number of aromatic nitrogens is 1. The summed E-state index contributed by atoms with van der Waals surface area (Å²) in [5, 5.41) is 7.75. The number of rotatable bonds is 6. The van der Waals surface area contributed by atoms with E-state index in [1.54, 1.807) is 18.2 Å². The van der Waals surface area contributed by atoms with E-state index in [0.717, 1.165) is 16.2 Å². The maximum Gasteiger partial charge on any atom is 0.279 e. The zero-order valence-electron chi connectivity index (χ0n) is 14.1. The van der Waals surface area contributed by atoms with Gasteiger partial charge in [-0.1, -0.05) is 58.7 Å². The van der Waals surface area contributed by atoms with Gasteiger partial charge in [0.05, 0.1) is 17.1 Å². The number of nitrogens with one attached hydrogen (secondary N) is 2. The summed E-state index contributed by atoms with van der Waals surface area (Å²) in [7, 11) is 1.92. The van der Waals surface area contributed by atoms with Gasteiger partial charge >= 0.3 is 0 Å². The zero-order valence-corrected chi connectivity index (χ0v) is 15.6. The molecule has 2 N–H and O–H groups in total. The lowest BCUT2D eigenvalue weighted by Crippen LogP contribution is -3.08. The number of halogens is 2. The van der Waals surface area contributed by atoms with Crippen molar-refractivity contribution in [1.82, 2.24) is 5.16 Å². The Bertz CT molecular complexity index is 897. The number of nitrogens with zero attached hydrogens (tertiary/aromatic N) is 1. The van der Waals surface area contributed by atoms with Crippen LogP contribution >= 0.6 is 23.2 Å². The maximum absolute atomic E-state index is 12.2. The maximum atomic E-state index is 12.2. The highest BCUT2D eigenvalue weighted by molar-refractivity contribution is 6.42. The Morgan fingerprint density at radius 1 is 1.12 bits per heavy atom. The molecule has 1 aromatic heterocycles. The number of likely N-dealkylation sites (N-methyl/N-ethyl adjacent to an activating group) is 1. The van der Waals surface area contributed by atoms with Crippen LogP contribution in [0.3, 0.4) is 0 Å². The topological polar surface area (TPSA) is 59.6 Å². The molecule has 1 heterocycles. The molecule has 1 amide bonds. The summed E-state index contributed by atoms with van der Waals surface area (Å²) in [4.78, 5) is 13.2. The van der Waals surface area contributed by atoms with E-state index in [4.69, 9.17) is 27.7 Å². The van der Waals surface area contributed by atoms with Crippen LogP contribution < -0.4 is 10.2 Å². The van der Waals surface area contributed by atoms with Crippen LogP contribution in [-0.4, -0.2) is 24.7 Å². The molecule has 0 bridgehead atoms. The lowest BCUT2D eigenvalue weighted by molar-refractivity contribution is -0.885. The van der Waals surface area contributed by atoms with E-state index in [9.17, 15) is 4.79 Å². The van der Waals surface area contributed by atoms with Gasteiger partial charge in [0.25, 0.3) is 5.91 Å². The van der Waals surface area contributed by atoms with Gasteiger partial charge < -0.3 is 14.7 Å². The summed E-state index contributed by atoms with van der Waals surface area (Å²) in [6.45, 7) is 0.860. The fourth-order valence-corrected chi connectivity index (χ4v) is 2.86. The van der Waals surface area contributed by atoms with Crippen LogP contribution in [0.4, 0.5) is 5.69 Å². The van der Waals surface area contributed by atoms with Crippen molar-refractivity contribution in [2.24, 2.45) is 0 Å². The third-order valence-electron chi connectivity index (χ3n) is 3.77. The second-order valence-corrected chi connectivity index (χ2v) is 6.85. The first-order valence-electron chi connectivity index (χ1n) is 8.08. The zero-order chi connectivity index (χ0) is 18.5. The molecule has 0 aliphatic carbocycles. The predicted molar refractivity (Wildman–Crippen MR) is 102 cm³/mol. The Morgan fingerprint density at radius 2 is 1.88 bits per heavy atom. The van der Waals surface area contributed by atoms with Crippen molar-refractivity contribution >= 4 is 34.8 Å². The van der Waals surface area contributed by atoms with Crippen LogP contribution in [0.15, 0.2) is 59.1 Å². The molecular formula is C19H18Cl2N3O2+. The monoisotopic (exact) mass is 390 g/mol. The van der Waals surface area contributed by atoms with Crippen LogP contribution in [0, 0.1) is 0 Å². The van der Waals surface area contributed by atoms with E-state index in [0.29, 0.717) is 28.0 Å². The third-order valence-corrected chi connectivity index (χ3v) is 4.50. The van der Waals surface area contributed by atoms with Gasteiger partial charge in [0.15, 0.2) is 12.3 Å². The van der Waals surface area contributed by atoms with Gasteiger partial charge in [-0.25, -0.2) is 0 Å². The largest absolute Gasteiger partial charge is 0.356 e. The molecule has 0 aliphatic heterocycles. The average molecular weight is 391 g/mol. The summed E-state index contributed by atoms with van der Waals surface area (Å²) in [6, 6.07) is 16.7. The van der Waals surface area contributed by atoms with Gasteiger partial charge in [-0.2, -0.15) is 0 Å². The molecule has 2 aromatic carbocycles. The van der Waals surface area contributed by atoms with E-state index >= 15 is 0 Å². The second kappa shape index (κ2) is 8.36. The number of carbonyl (C=O) groups is 1. The first kappa shape index (κ1) is 18.5.